The number of amides is 1. The molecule has 2 atom stereocenters. The van der Waals surface area contributed by atoms with Gasteiger partial charge in [-0.3, -0.25) is 4.79 Å². The molecule has 0 spiro atoms. The lowest BCUT2D eigenvalue weighted by Crippen LogP contribution is -2.54. The summed E-state index contributed by atoms with van der Waals surface area (Å²) >= 11 is 2.17. The minimum atomic E-state index is -1.61. The molecule has 1 amide bonds. The van der Waals surface area contributed by atoms with E-state index in [2.05, 4.69) is 27.3 Å². The van der Waals surface area contributed by atoms with E-state index in [1.165, 1.54) is 4.90 Å². The molecule has 0 aliphatic carbocycles. The summed E-state index contributed by atoms with van der Waals surface area (Å²) in [6.07, 6.45) is -2.84. The summed E-state index contributed by atoms with van der Waals surface area (Å²) in [7, 11) is 1.15. The van der Waals surface area contributed by atoms with Crippen molar-refractivity contribution in [1.29, 1.82) is 0 Å². The van der Waals surface area contributed by atoms with E-state index in [0.29, 0.717) is 12.2 Å². The number of carbonyl (C=O) groups excluding carboxylic acids is 2. The van der Waals surface area contributed by atoms with Crippen LogP contribution in [0, 0.1) is 3.57 Å². The molecular formula is C13H15ClINO5. The van der Waals surface area contributed by atoms with Crippen LogP contribution in [0.3, 0.4) is 0 Å². The van der Waals surface area contributed by atoms with Crippen LogP contribution in [0.25, 0.3) is 0 Å². The predicted octanol–water partition coefficient (Wildman–Crippen LogP) is 0.979. The maximum absolute atomic E-state index is 12.3. The Bertz CT molecular complexity index is 510. The van der Waals surface area contributed by atoms with Gasteiger partial charge in [-0.2, -0.15) is 0 Å². The topological polar surface area (TPSA) is 76.1 Å². The third kappa shape index (κ3) is 4.06. The Kier molecular flexibility index (Phi) is 6.85. The molecule has 8 heteroatoms. The minimum absolute atomic E-state index is 0. The first-order chi connectivity index (χ1) is 9.54. The van der Waals surface area contributed by atoms with Gasteiger partial charge in [-0.05, 0) is 46.9 Å². The lowest BCUT2D eigenvalue weighted by molar-refractivity contribution is -0.166. The molecule has 1 N–H and O–H groups in total. The summed E-state index contributed by atoms with van der Waals surface area (Å²) < 4.78 is 10.7. The number of anilines is 1. The number of hydrogen-bond acceptors (Lipinski definition) is 5. The molecule has 1 aliphatic heterocycles. The molecule has 21 heavy (non-hydrogen) atoms. The summed E-state index contributed by atoms with van der Waals surface area (Å²) in [6.45, 7) is 0.625. The summed E-state index contributed by atoms with van der Waals surface area (Å²) in [5.74, 6) is -1.33. The van der Waals surface area contributed by atoms with Gasteiger partial charge in [-0.15, -0.1) is 12.4 Å². The Balaban J connectivity index is 0.00000220. The Morgan fingerprint density at radius 1 is 1.48 bits per heavy atom. The molecule has 116 valence electrons. The average molecular weight is 428 g/mol. The van der Waals surface area contributed by atoms with Gasteiger partial charge in [0, 0.05) is 15.8 Å². The van der Waals surface area contributed by atoms with Gasteiger partial charge >= 0.3 is 5.97 Å². The van der Waals surface area contributed by atoms with Crippen molar-refractivity contribution in [1.82, 2.24) is 0 Å². The molecule has 0 aromatic heterocycles. The first kappa shape index (κ1) is 18.1. The van der Waals surface area contributed by atoms with Crippen molar-refractivity contribution >= 4 is 52.6 Å². The number of aliphatic hydroxyl groups is 1. The smallest absolute Gasteiger partial charge is 0.338 e. The van der Waals surface area contributed by atoms with Crippen molar-refractivity contribution in [3.05, 3.63) is 27.8 Å². The fraction of sp³-hybridized carbons (Fsp3) is 0.385. The monoisotopic (exact) mass is 427 g/mol. The van der Waals surface area contributed by atoms with E-state index in [0.717, 1.165) is 10.7 Å². The highest BCUT2D eigenvalue weighted by Crippen LogP contribution is 2.21. The number of carbonyl (C=O) groups is 2. The summed E-state index contributed by atoms with van der Waals surface area (Å²) in [6, 6.07) is 7.38. The molecule has 0 radical (unpaired) electrons. The van der Waals surface area contributed by atoms with Gasteiger partial charge in [0.25, 0.3) is 5.91 Å². The molecule has 1 aromatic carbocycles. The zero-order valence-electron chi connectivity index (χ0n) is 11.2. The van der Waals surface area contributed by atoms with Crippen molar-refractivity contribution < 1.29 is 24.2 Å². The molecule has 1 aliphatic rings. The largest absolute Gasteiger partial charge is 0.467 e. The van der Waals surface area contributed by atoms with Gasteiger partial charge in [0.2, 0.25) is 0 Å². The fourth-order valence-electron chi connectivity index (χ4n) is 1.95. The van der Waals surface area contributed by atoms with Crippen LogP contribution in [0.15, 0.2) is 24.3 Å². The number of nitrogens with zero attached hydrogens (tertiary/aromatic N) is 1. The van der Waals surface area contributed by atoms with E-state index < -0.39 is 24.1 Å². The Labute approximate surface area is 141 Å². The zero-order chi connectivity index (χ0) is 14.7. The van der Waals surface area contributed by atoms with Crippen molar-refractivity contribution in [2.75, 3.05) is 25.2 Å². The lowest BCUT2D eigenvalue weighted by Gasteiger charge is -2.33. The standard InChI is InChI=1S/C13H14INO5.ClH/c1-19-13(18)10(16)11-12(17)15(6-7-20-11)9-4-2-8(14)3-5-9;/h2-5,10-11,16H,6-7H2,1H3;1H/t10-,11-;/m1./s1. The first-order valence-corrected chi connectivity index (χ1v) is 7.07. The second kappa shape index (κ2) is 7.92. The highest BCUT2D eigenvalue weighted by atomic mass is 127. The average Bonchev–Trinajstić information content (AvgIpc) is 2.47. The van der Waals surface area contributed by atoms with Crippen molar-refractivity contribution in [3.63, 3.8) is 0 Å². The molecule has 1 fully saturated rings. The fourth-order valence-corrected chi connectivity index (χ4v) is 2.31. The molecule has 1 saturated heterocycles. The molecule has 1 heterocycles. The van der Waals surface area contributed by atoms with Gasteiger partial charge in [-0.25, -0.2) is 4.79 Å². The molecule has 1 aromatic rings. The van der Waals surface area contributed by atoms with Crippen LogP contribution in [-0.4, -0.2) is 49.5 Å². The SMILES string of the molecule is COC(=O)[C@H](O)[C@H]1OCCN(c2ccc(I)cc2)C1=O.Cl. The normalized spacial score (nSPS) is 19.7. The summed E-state index contributed by atoms with van der Waals surface area (Å²) in [4.78, 5) is 25.1. The summed E-state index contributed by atoms with van der Waals surface area (Å²) in [5.41, 5.74) is 0.709. The number of esters is 1. The molecule has 0 saturated carbocycles. The molecule has 0 unspecified atom stereocenters. The number of morpholine rings is 1. The number of methoxy groups -OCH3 is 1. The highest BCUT2D eigenvalue weighted by Gasteiger charge is 2.39. The second-order valence-electron chi connectivity index (χ2n) is 4.23. The van der Waals surface area contributed by atoms with Crippen molar-refractivity contribution in [3.8, 4) is 0 Å². The van der Waals surface area contributed by atoms with Crippen LogP contribution in [0.4, 0.5) is 5.69 Å². The Morgan fingerprint density at radius 2 is 2.10 bits per heavy atom. The predicted molar refractivity (Wildman–Crippen MR) is 86.5 cm³/mol. The Morgan fingerprint density at radius 3 is 2.67 bits per heavy atom. The van der Waals surface area contributed by atoms with Gasteiger partial charge in [0.05, 0.1) is 13.7 Å². The number of halogens is 2. The van der Waals surface area contributed by atoms with Crippen LogP contribution >= 0.6 is 35.0 Å². The lowest BCUT2D eigenvalue weighted by atomic mass is 10.1. The third-order valence-corrected chi connectivity index (χ3v) is 3.71. The van der Waals surface area contributed by atoms with Crippen LogP contribution in [-0.2, 0) is 19.1 Å². The molecular weight excluding hydrogens is 413 g/mol. The number of aliphatic hydroxyl groups excluding tert-OH is 1. The van der Waals surface area contributed by atoms with E-state index in [1.807, 2.05) is 24.3 Å². The van der Waals surface area contributed by atoms with Crippen LogP contribution in [0.5, 0.6) is 0 Å². The van der Waals surface area contributed by atoms with Crippen LogP contribution < -0.4 is 4.90 Å². The van der Waals surface area contributed by atoms with Gasteiger partial charge < -0.3 is 19.5 Å². The minimum Gasteiger partial charge on any atom is -0.467 e. The van der Waals surface area contributed by atoms with E-state index in [-0.39, 0.29) is 19.0 Å². The second-order valence-corrected chi connectivity index (χ2v) is 5.47. The van der Waals surface area contributed by atoms with E-state index in [4.69, 9.17) is 4.74 Å². The van der Waals surface area contributed by atoms with Crippen LogP contribution in [0.1, 0.15) is 0 Å². The molecule has 0 bridgehead atoms. The van der Waals surface area contributed by atoms with Gasteiger partial charge in [0.1, 0.15) is 0 Å². The summed E-state index contributed by atoms with van der Waals surface area (Å²) in [5, 5.41) is 9.77. The van der Waals surface area contributed by atoms with E-state index in [1.54, 1.807) is 0 Å². The number of benzene rings is 1. The van der Waals surface area contributed by atoms with Gasteiger partial charge in [0.15, 0.2) is 12.2 Å². The van der Waals surface area contributed by atoms with E-state index in [9.17, 15) is 14.7 Å². The highest BCUT2D eigenvalue weighted by molar-refractivity contribution is 14.1. The van der Waals surface area contributed by atoms with Gasteiger partial charge in [-0.1, -0.05) is 0 Å². The maximum atomic E-state index is 12.3. The number of rotatable bonds is 3. The maximum Gasteiger partial charge on any atom is 0.338 e. The van der Waals surface area contributed by atoms with Crippen molar-refractivity contribution in [2.24, 2.45) is 0 Å². The van der Waals surface area contributed by atoms with Crippen LogP contribution in [0.2, 0.25) is 0 Å². The number of hydrogen-bond donors (Lipinski definition) is 1. The Hall–Kier alpha value is -0.900. The zero-order valence-corrected chi connectivity index (χ0v) is 14.2. The first-order valence-electron chi connectivity index (χ1n) is 5.99. The molecule has 6 nitrogen and oxygen atoms in total. The quantitative estimate of drug-likeness (QED) is 0.575. The van der Waals surface area contributed by atoms with E-state index >= 15 is 0 Å². The third-order valence-electron chi connectivity index (χ3n) is 2.99. The van der Waals surface area contributed by atoms with Crippen molar-refractivity contribution in [2.45, 2.75) is 12.2 Å². The number of ether oxygens (including phenoxy) is 2. The molecule has 2 rings (SSSR count).